The number of rotatable bonds is 6. The molecule has 2 rings (SSSR count). The molecule has 0 saturated heterocycles. The molecule has 0 spiro atoms. The third-order valence-electron chi connectivity index (χ3n) is 3.82. The summed E-state index contributed by atoms with van der Waals surface area (Å²) in [5.74, 6) is -0.892. The summed E-state index contributed by atoms with van der Waals surface area (Å²) >= 11 is 0. The average molecular weight is 315 g/mol. The van der Waals surface area contributed by atoms with Gasteiger partial charge in [0.2, 0.25) is 0 Å². The van der Waals surface area contributed by atoms with Gasteiger partial charge in [-0.15, -0.1) is 0 Å². The minimum absolute atomic E-state index is 0.0343. The Morgan fingerprint density at radius 3 is 2.39 bits per heavy atom. The molecule has 122 valence electrons. The third-order valence-corrected chi connectivity index (χ3v) is 3.82. The van der Waals surface area contributed by atoms with Crippen LogP contribution >= 0.6 is 0 Å². The first-order chi connectivity index (χ1) is 10.8. The van der Waals surface area contributed by atoms with Crippen molar-refractivity contribution in [2.24, 2.45) is 5.41 Å². The zero-order valence-corrected chi connectivity index (χ0v) is 13.7. The number of amides is 2. The molecule has 0 aromatic heterocycles. The summed E-state index contributed by atoms with van der Waals surface area (Å²) in [6, 6.07) is 4.33. The number of carbonyl (C=O) groups is 4. The van der Waals surface area contributed by atoms with E-state index in [2.05, 4.69) is 20.8 Å². The Morgan fingerprint density at radius 2 is 1.83 bits per heavy atom. The molecule has 1 aromatic rings. The van der Waals surface area contributed by atoms with Crippen molar-refractivity contribution in [1.82, 2.24) is 4.90 Å². The van der Waals surface area contributed by atoms with Gasteiger partial charge in [0.25, 0.3) is 11.8 Å². The maximum absolute atomic E-state index is 12.7. The zero-order chi connectivity index (χ0) is 17.2. The first kappa shape index (κ1) is 17.1. The van der Waals surface area contributed by atoms with Crippen molar-refractivity contribution in [2.45, 2.75) is 46.1 Å². The van der Waals surface area contributed by atoms with Crippen molar-refractivity contribution in [3.8, 4) is 0 Å². The van der Waals surface area contributed by atoms with Gasteiger partial charge in [0.15, 0.2) is 0 Å². The number of hydrogen-bond donors (Lipinski definition) is 0. The lowest BCUT2D eigenvalue weighted by atomic mass is 9.85. The standard InChI is InChI=1S/C18H21NO4/c1-18(2,3)10-12-6-4-8-14-15(12)17(23)19(16(14)22)13(11-21)7-5-9-20/h4,6,8-9,11,13H,5,7,10H2,1-3H3. The van der Waals surface area contributed by atoms with Crippen LogP contribution in [0, 0.1) is 5.41 Å². The minimum Gasteiger partial charge on any atom is -0.303 e. The van der Waals surface area contributed by atoms with Crippen molar-refractivity contribution >= 4 is 24.4 Å². The van der Waals surface area contributed by atoms with E-state index in [-0.39, 0.29) is 18.3 Å². The second-order valence-electron chi connectivity index (χ2n) is 7.00. The van der Waals surface area contributed by atoms with Gasteiger partial charge in [0.05, 0.1) is 17.2 Å². The summed E-state index contributed by atoms with van der Waals surface area (Å²) in [6.45, 7) is 6.18. The summed E-state index contributed by atoms with van der Waals surface area (Å²) in [5.41, 5.74) is 1.52. The Labute approximate surface area is 135 Å². The minimum atomic E-state index is -0.893. The zero-order valence-electron chi connectivity index (χ0n) is 13.7. The van der Waals surface area contributed by atoms with Gasteiger partial charge >= 0.3 is 0 Å². The van der Waals surface area contributed by atoms with Crippen molar-refractivity contribution < 1.29 is 19.2 Å². The molecule has 5 heteroatoms. The maximum atomic E-state index is 12.7. The van der Waals surface area contributed by atoms with Gasteiger partial charge in [0.1, 0.15) is 12.6 Å². The highest BCUT2D eigenvalue weighted by Crippen LogP contribution is 2.31. The molecule has 1 unspecified atom stereocenters. The molecule has 0 bridgehead atoms. The van der Waals surface area contributed by atoms with E-state index in [0.29, 0.717) is 30.1 Å². The predicted octanol–water partition coefficient (Wildman–Crippen LogP) is 2.42. The van der Waals surface area contributed by atoms with Crippen molar-refractivity contribution in [3.05, 3.63) is 34.9 Å². The van der Waals surface area contributed by atoms with Gasteiger partial charge in [-0.1, -0.05) is 32.9 Å². The Hall–Kier alpha value is -2.30. The fourth-order valence-corrected chi connectivity index (χ4v) is 2.89. The van der Waals surface area contributed by atoms with Crippen LogP contribution in [-0.4, -0.2) is 35.3 Å². The molecule has 0 N–H and O–H groups in total. The lowest BCUT2D eigenvalue weighted by molar-refractivity contribution is -0.112. The summed E-state index contributed by atoms with van der Waals surface area (Å²) in [6.07, 6.45) is 2.19. The summed E-state index contributed by atoms with van der Waals surface area (Å²) in [7, 11) is 0. The first-order valence-electron chi connectivity index (χ1n) is 7.69. The molecule has 2 amide bonds. The maximum Gasteiger partial charge on any atom is 0.262 e. The van der Waals surface area contributed by atoms with E-state index < -0.39 is 17.9 Å². The van der Waals surface area contributed by atoms with Crippen LogP contribution in [0.3, 0.4) is 0 Å². The van der Waals surface area contributed by atoms with Gasteiger partial charge in [-0.05, 0) is 29.9 Å². The molecule has 1 aliphatic rings. The van der Waals surface area contributed by atoms with E-state index >= 15 is 0 Å². The van der Waals surface area contributed by atoms with Crippen LogP contribution in [0.15, 0.2) is 18.2 Å². The third kappa shape index (κ3) is 3.38. The van der Waals surface area contributed by atoms with Crippen LogP contribution in [0.2, 0.25) is 0 Å². The normalized spacial score (nSPS) is 15.5. The number of hydrogen-bond acceptors (Lipinski definition) is 4. The van der Waals surface area contributed by atoms with Gasteiger partial charge in [-0.3, -0.25) is 14.5 Å². The highest BCUT2D eigenvalue weighted by atomic mass is 16.2. The van der Waals surface area contributed by atoms with Crippen molar-refractivity contribution in [2.75, 3.05) is 0 Å². The number of nitrogens with zero attached hydrogens (tertiary/aromatic N) is 1. The van der Waals surface area contributed by atoms with E-state index in [1.54, 1.807) is 12.1 Å². The van der Waals surface area contributed by atoms with Gasteiger partial charge in [0, 0.05) is 6.42 Å². The highest BCUT2D eigenvalue weighted by molar-refractivity contribution is 6.23. The van der Waals surface area contributed by atoms with Crippen LogP contribution < -0.4 is 0 Å². The number of benzene rings is 1. The first-order valence-corrected chi connectivity index (χ1v) is 7.69. The lowest BCUT2D eigenvalue weighted by Gasteiger charge is -2.21. The molecule has 0 radical (unpaired) electrons. The van der Waals surface area contributed by atoms with Gasteiger partial charge < -0.3 is 9.59 Å². The number of carbonyl (C=O) groups excluding carboxylic acids is 4. The highest BCUT2D eigenvalue weighted by Gasteiger charge is 2.41. The van der Waals surface area contributed by atoms with Crippen LogP contribution in [-0.2, 0) is 16.0 Å². The monoisotopic (exact) mass is 315 g/mol. The van der Waals surface area contributed by atoms with Crippen LogP contribution in [0.4, 0.5) is 0 Å². The fourth-order valence-electron chi connectivity index (χ4n) is 2.89. The SMILES string of the molecule is CC(C)(C)Cc1cccc2c1C(=O)N(C(C=O)CCC=O)C2=O. The van der Waals surface area contributed by atoms with E-state index in [1.165, 1.54) is 0 Å². The Balaban J connectivity index is 2.42. The van der Waals surface area contributed by atoms with E-state index in [1.807, 2.05) is 6.07 Å². The quantitative estimate of drug-likeness (QED) is 0.597. The van der Waals surface area contributed by atoms with Crippen LogP contribution in [0.1, 0.15) is 59.9 Å². The fraction of sp³-hybridized carbons (Fsp3) is 0.444. The molecule has 5 nitrogen and oxygen atoms in total. The number of fused-ring (bicyclic) bond motifs is 1. The molecular formula is C18H21NO4. The molecular weight excluding hydrogens is 294 g/mol. The molecule has 0 saturated carbocycles. The molecule has 1 atom stereocenters. The number of aldehydes is 2. The molecule has 1 aromatic carbocycles. The lowest BCUT2D eigenvalue weighted by Crippen LogP contribution is -2.41. The van der Waals surface area contributed by atoms with Crippen LogP contribution in [0.5, 0.6) is 0 Å². The summed E-state index contributed by atoms with van der Waals surface area (Å²) < 4.78 is 0. The Bertz CT molecular complexity index is 657. The smallest absolute Gasteiger partial charge is 0.262 e. The predicted molar refractivity (Wildman–Crippen MR) is 85.3 cm³/mol. The van der Waals surface area contributed by atoms with E-state index in [4.69, 9.17) is 0 Å². The molecule has 1 aliphatic heterocycles. The van der Waals surface area contributed by atoms with Crippen LogP contribution in [0.25, 0.3) is 0 Å². The Morgan fingerprint density at radius 1 is 1.13 bits per heavy atom. The topological polar surface area (TPSA) is 71.5 Å². The molecule has 0 aliphatic carbocycles. The molecule has 0 fully saturated rings. The average Bonchev–Trinajstić information content (AvgIpc) is 2.72. The Kier molecular flexibility index (Phi) is 4.78. The largest absolute Gasteiger partial charge is 0.303 e. The van der Waals surface area contributed by atoms with Crippen molar-refractivity contribution in [1.29, 1.82) is 0 Å². The second-order valence-corrected chi connectivity index (χ2v) is 7.00. The van der Waals surface area contributed by atoms with Gasteiger partial charge in [-0.25, -0.2) is 0 Å². The molecule has 23 heavy (non-hydrogen) atoms. The second kappa shape index (κ2) is 6.44. The van der Waals surface area contributed by atoms with Crippen molar-refractivity contribution in [3.63, 3.8) is 0 Å². The van der Waals surface area contributed by atoms with E-state index in [9.17, 15) is 19.2 Å². The van der Waals surface area contributed by atoms with Gasteiger partial charge in [-0.2, -0.15) is 0 Å². The molecule has 1 heterocycles. The summed E-state index contributed by atoms with van der Waals surface area (Å²) in [5, 5.41) is 0. The summed E-state index contributed by atoms with van der Waals surface area (Å²) in [4.78, 5) is 48.1. The number of imide groups is 1. The van der Waals surface area contributed by atoms with E-state index in [0.717, 1.165) is 10.5 Å².